The molecule has 4 nitrogen and oxygen atoms in total. The fraction of sp³-hybridized carbons (Fsp3) is 0.391. The van der Waals surface area contributed by atoms with E-state index in [1.165, 1.54) is 5.56 Å². The summed E-state index contributed by atoms with van der Waals surface area (Å²) in [5, 5.41) is 3.54. The van der Waals surface area contributed by atoms with Crippen molar-refractivity contribution in [3.63, 3.8) is 0 Å². The molecule has 0 spiro atoms. The van der Waals surface area contributed by atoms with Gasteiger partial charge in [0, 0.05) is 24.5 Å². The third kappa shape index (κ3) is 6.68. The first kappa shape index (κ1) is 22.0. The zero-order valence-corrected chi connectivity index (χ0v) is 17.6. The van der Waals surface area contributed by atoms with Crippen LogP contribution in [0, 0.1) is 6.92 Å². The third-order valence-corrected chi connectivity index (χ3v) is 4.98. The SMILES string of the molecule is CCCNC(=O)[C@@H](C)N(Cc1ccc(Cl)cc1)C(=O)CCc1ccc(C)cc1. The van der Waals surface area contributed by atoms with E-state index in [1.54, 1.807) is 24.0 Å². The van der Waals surface area contributed by atoms with E-state index >= 15 is 0 Å². The molecule has 0 aliphatic rings. The van der Waals surface area contributed by atoms with Crippen molar-refractivity contribution in [1.82, 2.24) is 10.2 Å². The summed E-state index contributed by atoms with van der Waals surface area (Å²) in [7, 11) is 0. The maximum Gasteiger partial charge on any atom is 0.242 e. The van der Waals surface area contributed by atoms with Crippen molar-refractivity contribution in [2.75, 3.05) is 6.54 Å². The molecule has 150 valence electrons. The molecule has 28 heavy (non-hydrogen) atoms. The normalized spacial score (nSPS) is 11.7. The minimum Gasteiger partial charge on any atom is -0.354 e. The van der Waals surface area contributed by atoms with Crippen LogP contribution in [0.15, 0.2) is 48.5 Å². The molecular formula is C23H29ClN2O2. The Hall–Kier alpha value is -2.33. The molecular weight excluding hydrogens is 372 g/mol. The first-order valence-electron chi connectivity index (χ1n) is 9.78. The first-order chi connectivity index (χ1) is 13.4. The number of nitrogens with one attached hydrogen (secondary N) is 1. The van der Waals surface area contributed by atoms with Crippen molar-refractivity contribution >= 4 is 23.4 Å². The van der Waals surface area contributed by atoms with E-state index in [4.69, 9.17) is 11.6 Å². The van der Waals surface area contributed by atoms with Gasteiger partial charge in [0.15, 0.2) is 0 Å². The van der Waals surface area contributed by atoms with Gasteiger partial charge < -0.3 is 10.2 Å². The molecule has 0 aliphatic heterocycles. The predicted octanol–water partition coefficient (Wildman–Crippen LogP) is 4.52. The molecule has 0 heterocycles. The van der Waals surface area contributed by atoms with E-state index in [2.05, 4.69) is 5.32 Å². The lowest BCUT2D eigenvalue weighted by atomic mass is 10.1. The van der Waals surface area contributed by atoms with E-state index in [0.717, 1.165) is 17.5 Å². The molecule has 1 atom stereocenters. The monoisotopic (exact) mass is 400 g/mol. The van der Waals surface area contributed by atoms with Gasteiger partial charge in [-0.25, -0.2) is 0 Å². The van der Waals surface area contributed by atoms with Crippen molar-refractivity contribution < 1.29 is 9.59 Å². The van der Waals surface area contributed by atoms with Crippen LogP contribution in [0.2, 0.25) is 5.02 Å². The molecule has 2 rings (SSSR count). The van der Waals surface area contributed by atoms with E-state index in [-0.39, 0.29) is 11.8 Å². The highest BCUT2D eigenvalue weighted by Gasteiger charge is 2.25. The van der Waals surface area contributed by atoms with Gasteiger partial charge in [-0.15, -0.1) is 0 Å². The van der Waals surface area contributed by atoms with Crippen molar-refractivity contribution in [2.45, 2.75) is 52.6 Å². The van der Waals surface area contributed by atoms with Crippen molar-refractivity contribution in [2.24, 2.45) is 0 Å². The molecule has 0 aliphatic carbocycles. The van der Waals surface area contributed by atoms with E-state index in [0.29, 0.717) is 31.0 Å². The standard InChI is InChI=1S/C23H29ClN2O2/c1-4-15-25-23(28)18(3)26(16-20-9-12-21(24)13-10-20)22(27)14-11-19-7-5-17(2)6-8-19/h5-10,12-13,18H,4,11,14-16H2,1-3H3,(H,25,28)/t18-/m1/s1. The number of amides is 2. The van der Waals surface area contributed by atoms with E-state index < -0.39 is 6.04 Å². The van der Waals surface area contributed by atoms with Crippen LogP contribution in [0.25, 0.3) is 0 Å². The molecule has 0 fully saturated rings. The van der Waals surface area contributed by atoms with Gasteiger partial charge in [0.25, 0.3) is 0 Å². The van der Waals surface area contributed by atoms with Gasteiger partial charge in [0.05, 0.1) is 0 Å². The minimum atomic E-state index is -0.534. The van der Waals surface area contributed by atoms with E-state index in [1.807, 2.05) is 50.2 Å². The molecule has 0 radical (unpaired) electrons. The number of carbonyl (C=O) groups is 2. The maximum atomic E-state index is 13.0. The molecule has 5 heteroatoms. The average molecular weight is 401 g/mol. The number of carbonyl (C=O) groups excluding carboxylic acids is 2. The van der Waals surface area contributed by atoms with Gasteiger partial charge in [0.1, 0.15) is 6.04 Å². The van der Waals surface area contributed by atoms with Crippen molar-refractivity contribution in [3.8, 4) is 0 Å². The molecule has 1 N–H and O–H groups in total. The van der Waals surface area contributed by atoms with Crippen LogP contribution in [0.4, 0.5) is 0 Å². The van der Waals surface area contributed by atoms with Crippen LogP contribution >= 0.6 is 11.6 Å². The molecule has 2 amide bonds. The Labute approximate surface area is 172 Å². The summed E-state index contributed by atoms with van der Waals surface area (Å²) in [6.45, 7) is 6.81. The Balaban J connectivity index is 2.10. The molecule has 2 aromatic rings. The Morgan fingerprint density at radius 3 is 2.25 bits per heavy atom. The number of hydrogen-bond donors (Lipinski definition) is 1. The molecule has 0 bridgehead atoms. The summed E-state index contributed by atoms with van der Waals surface area (Å²) in [5.41, 5.74) is 3.26. The molecule has 0 unspecified atom stereocenters. The summed E-state index contributed by atoms with van der Waals surface area (Å²) in [6, 6.07) is 15.0. The lowest BCUT2D eigenvalue weighted by molar-refractivity contribution is -0.140. The van der Waals surface area contributed by atoms with Gasteiger partial charge in [0.2, 0.25) is 11.8 Å². The third-order valence-electron chi connectivity index (χ3n) is 4.73. The van der Waals surface area contributed by atoms with Gasteiger partial charge in [-0.05, 0) is 49.9 Å². The van der Waals surface area contributed by atoms with Crippen molar-refractivity contribution in [1.29, 1.82) is 0 Å². The Kier molecular flexibility index (Phi) is 8.52. The van der Waals surface area contributed by atoms with Crippen LogP contribution in [-0.2, 0) is 22.6 Å². The Morgan fingerprint density at radius 1 is 1.04 bits per heavy atom. The second-order valence-corrected chi connectivity index (χ2v) is 7.54. The quantitative estimate of drug-likeness (QED) is 0.672. The zero-order valence-electron chi connectivity index (χ0n) is 16.9. The predicted molar refractivity (Wildman–Crippen MR) is 114 cm³/mol. The first-order valence-corrected chi connectivity index (χ1v) is 10.2. The Morgan fingerprint density at radius 2 is 1.64 bits per heavy atom. The maximum absolute atomic E-state index is 13.0. The number of nitrogens with zero attached hydrogens (tertiary/aromatic N) is 1. The average Bonchev–Trinajstić information content (AvgIpc) is 2.70. The lowest BCUT2D eigenvalue weighted by Crippen LogP contribution is -2.47. The van der Waals surface area contributed by atoms with Gasteiger partial charge >= 0.3 is 0 Å². The smallest absolute Gasteiger partial charge is 0.242 e. The largest absolute Gasteiger partial charge is 0.354 e. The topological polar surface area (TPSA) is 49.4 Å². The van der Waals surface area contributed by atoms with Gasteiger partial charge in [-0.1, -0.05) is 60.5 Å². The molecule has 0 saturated heterocycles. The molecule has 0 aromatic heterocycles. The Bertz CT molecular complexity index is 772. The van der Waals surface area contributed by atoms with Crippen LogP contribution in [0.1, 0.15) is 43.4 Å². The minimum absolute atomic E-state index is 0.0327. The van der Waals surface area contributed by atoms with Crippen LogP contribution in [-0.4, -0.2) is 29.3 Å². The fourth-order valence-electron chi connectivity index (χ4n) is 2.91. The van der Waals surface area contributed by atoms with E-state index in [9.17, 15) is 9.59 Å². The second kappa shape index (κ2) is 10.9. The van der Waals surface area contributed by atoms with Crippen molar-refractivity contribution in [3.05, 3.63) is 70.2 Å². The fourth-order valence-corrected chi connectivity index (χ4v) is 3.04. The van der Waals surface area contributed by atoms with Crippen LogP contribution in [0.5, 0.6) is 0 Å². The van der Waals surface area contributed by atoms with Crippen LogP contribution < -0.4 is 5.32 Å². The summed E-state index contributed by atoms with van der Waals surface area (Å²) in [4.78, 5) is 27.1. The zero-order chi connectivity index (χ0) is 20.5. The molecule has 0 saturated carbocycles. The number of hydrogen-bond acceptors (Lipinski definition) is 2. The second-order valence-electron chi connectivity index (χ2n) is 7.10. The highest BCUT2D eigenvalue weighted by molar-refractivity contribution is 6.30. The van der Waals surface area contributed by atoms with Gasteiger partial charge in [-0.3, -0.25) is 9.59 Å². The number of aryl methyl sites for hydroxylation is 2. The summed E-state index contributed by atoms with van der Waals surface area (Å²) >= 11 is 5.96. The summed E-state index contributed by atoms with van der Waals surface area (Å²) in [5.74, 6) is -0.158. The molecule has 2 aromatic carbocycles. The summed E-state index contributed by atoms with van der Waals surface area (Å²) < 4.78 is 0. The van der Waals surface area contributed by atoms with Crippen LogP contribution in [0.3, 0.4) is 0 Å². The van der Waals surface area contributed by atoms with Gasteiger partial charge in [-0.2, -0.15) is 0 Å². The lowest BCUT2D eigenvalue weighted by Gasteiger charge is -2.29. The number of halogens is 1. The highest BCUT2D eigenvalue weighted by atomic mass is 35.5. The number of benzene rings is 2. The number of rotatable bonds is 9. The highest BCUT2D eigenvalue weighted by Crippen LogP contribution is 2.16. The summed E-state index contributed by atoms with van der Waals surface area (Å²) in [6.07, 6.45) is 1.87.